The number of nitrogens with zero attached hydrogens (tertiary/aromatic N) is 2. The molecule has 204 valence electrons. The van der Waals surface area contributed by atoms with Crippen molar-refractivity contribution in [3.05, 3.63) is 89.5 Å². The number of aryl methyl sites for hydroxylation is 2. The Balaban J connectivity index is 1.25. The average Bonchev–Trinajstić information content (AvgIpc) is 3.67. The summed E-state index contributed by atoms with van der Waals surface area (Å²) < 4.78 is 10.8. The van der Waals surface area contributed by atoms with Crippen molar-refractivity contribution in [1.29, 1.82) is 0 Å². The SMILES string of the molecule is C[C@@H]1CCC[N+]1(C(=O)NC1CC(=O)OC1OCc1ccccc1)C(=O)c1ncc(CCCc2ccccc2)[nH]1. The van der Waals surface area contributed by atoms with E-state index in [1.165, 1.54) is 5.56 Å². The highest BCUT2D eigenvalue weighted by Crippen LogP contribution is 2.31. The molecule has 4 atom stereocenters. The second-order valence-corrected chi connectivity index (χ2v) is 10.4. The Morgan fingerprint density at radius 1 is 1.08 bits per heavy atom. The lowest BCUT2D eigenvalue weighted by Crippen LogP contribution is -2.64. The second-order valence-electron chi connectivity index (χ2n) is 10.4. The van der Waals surface area contributed by atoms with Crippen LogP contribution in [0.1, 0.15) is 60.0 Å². The van der Waals surface area contributed by atoms with E-state index < -0.39 is 28.8 Å². The third kappa shape index (κ3) is 5.94. The summed E-state index contributed by atoms with van der Waals surface area (Å²) in [6, 6.07) is 18.4. The van der Waals surface area contributed by atoms with E-state index >= 15 is 0 Å². The molecule has 2 fully saturated rings. The molecule has 3 heterocycles. The molecule has 2 aliphatic heterocycles. The van der Waals surface area contributed by atoms with Gasteiger partial charge in [-0.25, -0.2) is 14.6 Å². The molecule has 39 heavy (non-hydrogen) atoms. The van der Waals surface area contributed by atoms with Crippen LogP contribution in [0.2, 0.25) is 0 Å². The molecule has 0 aliphatic carbocycles. The monoisotopic (exact) mass is 531 g/mol. The van der Waals surface area contributed by atoms with E-state index in [1.54, 1.807) is 6.20 Å². The Bertz CT molecular complexity index is 1290. The number of carbonyl (C=O) groups is 3. The Morgan fingerprint density at radius 3 is 2.49 bits per heavy atom. The van der Waals surface area contributed by atoms with Crippen molar-refractivity contribution in [3.63, 3.8) is 0 Å². The van der Waals surface area contributed by atoms with Crippen LogP contribution in [-0.2, 0) is 33.7 Å². The lowest BCUT2D eigenvalue weighted by atomic mass is 10.1. The number of hydrogen-bond donors (Lipinski definition) is 2. The van der Waals surface area contributed by atoms with Crippen molar-refractivity contribution in [2.45, 2.75) is 70.4 Å². The van der Waals surface area contributed by atoms with Gasteiger partial charge >= 0.3 is 17.9 Å². The van der Waals surface area contributed by atoms with Gasteiger partial charge in [-0.3, -0.25) is 10.1 Å². The van der Waals surface area contributed by atoms with Crippen molar-refractivity contribution >= 4 is 17.9 Å². The van der Waals surface area contributed by atoms with Crippen molar-refractivity contribution in [2.75, 3.05) is 6.54 Å². The summed E-state index contributed by atoms with van der Waals surface area (Å²) in [6.45, 7) is 2.51. The summed E-state index contributed by atoms with van der Waals surface area (Å²) in [5.41, 5.74) is 3.06. The largest absolute Gasteiger partial charge is 0.433 e. The van der Waals surface area contributed by atoms with Crippen LogP contribution in [0.4, 0.5) is 4.79 Å². The van der Waals surface area contributed by atoms with Crippen LogP contribution in [0.5, 0.6) is 0 Å². The highest BCUT2D eigenvalue weighted by molar-refractivity contribution is 5.93. The van der Waals surface area contributed by atoms with Gasteiger partial charge in [0.2, 0.25) is 12.1 Å². The van der Waals surface area contributed by atoms with Crippen LogP contribution in [0.25, 0.3) is 0 Å². The first-order chi connectivity index (χ1) is 19.0. The Morgan fingerprint density at radius 2 is 1.79 bits per heavy atom. The molecular formula is C30H35N4O5+. The zero-order chi connectivity index (χ0) is 27.2. The molecule has 9 nitrogen and oxygen atoms in total. The first-order valence-corrected chi connectivity index (χ1v) is 13.6. The third-order valence-corrected chi connectivity index (χ3v) is 7.72. The number of aromatic amines is 1. The fourth-order valence-corrected chi connectivity index (χ4v) is 5.52. The van der Waals surface area contributed by atoms with E-state index in [4.69, 9.17) is 9.47 Å². The van der Waals surface area contributed by atoms with Gasteiger partial charge in [0.1, 0.15) is 12.1 Å². The van der Waals surface area contributed by atoms with Gasteiger partial charge in [0.25, 0.3) is 0 Å². The first-order valence-electron chi connectivity index (χ1n) is 13.6. The van der Waals surface area contributed by atoms with E-state index in [2.05, 4.69) is 27.4 Å². The molecule has 2 aromatic carbocycles. The van der Waals surface area contributed by atoms with Gasteiger partial charge in [-0.05, 0) is 37.3 Å². The lowest BCUT2D eigenvalue weighted by molar-refractivity contribution is -0.778. The van der Waals surface area contributed by atoms with Crippen LogP contribution in [0.15, 0.2) is 66.9 Å². The van der Waals surface area contributed by atoms with E-state index in [9.17, 15) is 14.4 Å². The minimum atomic E-state index is -0.922. The molecule has 0 radical (unpaired) electrons. The predicted molar refractivity (Wildman–Crippen MR) is 143 cm³/mol. The number of quaternary nitrogens is 1. The zero-order valence-electron chi connectivity index (χ0n) is 22.2. The minimum Gasteiger partial charge on any atom is -0.433 e. The maximum atomic E-state index is 13.8. The quantitative estimate of drug-likeness (QED) is 0.315. The van der Waals surface area contributed by atoms with Gasteiger partial charge in [-0.15, -0.1) is 0 Å². The number of nitrogens with one attached hydrogen (secondary N) is 2. The number of rotatable bonds is 9. The smallest absolute Gasteiger partial charge is 0.425 e. The number of amides is 3. The molecule has 9 heteroatoms. The first kappa shape index (κ1) is 26.8. The fraction of sp³-hybridized carbons (Fsp3) is 0.400. The second kappa shape index (κ2) is 11.9. The van der Waals surface area contributed by atoms with Crippen LogP contribution in [0.3, 0.4) is 0 Å². The third-order valence-electron chi connectivity index (χ3n) is 7.72. The molecule has 0 saturated carbocycles. The number of carbonyl (C=O) groups excluding carboxylic acids is 3. The molecule has 0 bridgehead atoms. The molecule has 2 N–H and O–H groups in total. The number of imide groups is 1. The molecule has 0 spiro atoms. The minimum absolute atomic E-state index is 0.0138. The van der Waals surface area contributed by atoms with E-state index in [1.807, 2.05) is 55.5 Å². The van der Waals surface area contributed by atoms with Crippen LogP contribution in [-0.4, -0.2) is 57.3 Å². The predicted octanol–water partition coefficient (Wildman–Crippen LogP) is 4.29. The van der Waals surface area contributed by atoms with Crippen molar-refractivity contribution in [1.82, 2.24) is 15.3 Å². The standard InChI is InChI=1S/C30H34N4O5/c1-21-10-9-17-34(21,28(36)27-31-19-24(32-27)16-8-15-22-11-4-2-5-12-22)30(37)33-25-18-26(35)39-29(25)38-20-23-13-6-3-7-14-23/h2-7,11-14,19,21,25,29H,8-10,15-18,20H2,1H3,(H-,31,32,33,36,37)/p+1/t21-,25?,29?,34?/m1/s1. The summed E-state index contributed by atoms with van der Waals surface area (Å²) >= 11 is 0. The van der Waals surface area contributed by atoms with Crippen LogP contribution in [0, 0.1) is 0 Å². The summed E-state index contributed by atoms with van der Waals surface area (Å²) in [5, 5.41) is 2.92. The van der Waals surface area contributed by atoms with Gasteiger partial charge in [-0.2, -0.15) is 4.48 Å². The maximum absolute atomic E-state index is 13.8. The molecule has 3 aromatic rings. The number of cyclic esters (lactones) is 1. The van der Waals surface area contributed by atoms with Crippen molar-refractivity contribution < 1.29 is 28.3 Å². The summed E-state index contributed by atoms with van der Waals surface area (Å²) in [7, 11) is 0. The highest BCUT2D eigenvalue weighted by atomic mass is 16.7. The molecule has 2 saturated heterocycles. The number of esters is 1. The zero-order valence-corrected chi connectivity index (χ0v) is 22.2. The number of benzene rings is 2. The summed E-state index contributed by atoms with van der Waals surface area (Å²) in [4.78, 5) is 47.3. The maximum Gasteiger partial charge on any atom is 0.425 e. The van der Waals surface area contributed by atoms with Gasteiger partial charge in [-0.1, -0.05) is 60.7 Å². The van der Waals surface area contributed by atoms with E-state index in [0.717, 1.165) is 43.4 Å². The number of imidazole rings is 1. The normalized spacial score (nSPS) is 24.4. The van der Waals surface area contributed by atoms with Crippen LogP contribution >= 0.6 is 0 Å². The molecule has 5 rings (SSSR count). The number of ether oxygens (including phenoxy) is 2. The average molecular weight is 532 g/mol. The molecule has 1 aromatic heterocycles. The Hall–Kier alpha value is -3.82. The molecule has 3 unspecified atom stereocenters. The molecular weight excluding hydrogens is 496 g/mol. The lowest BCUT2D eigenvalue weighted by Gasteiger charge is -2.33. The van der Waals surface area contributed by atoms with Gasteiger partial charge in [0.15, 0.2) is 0 Å². The Kier molecular flexibility index (Phi) is 8.18. The summed E-state index contributed by atoms with van der Waals surface area (Å²) in [5.74, 6) is -0.625. The molecule has 2 aliphatic rings. The number of H-pyrrole nitrogens is 1. The van der Waals surface area contributed by atoms with Gasteiger partial charge in [0.05, 0.1) is 19.6 Å². The van der Waals surface area contributed by atoms with Gasteiger partial charge in [0, 0.05) is 24.7 Å². The van der Waals surface area contributed by atoms with E-state index in [0.29, 0.717) is 6.54 Å². The van der Waals surface area contributed by atoms with Crippen molar-refractivity contribution in [2.24, 2.45) is 0 Å². The fourth-order valence-electron chi connectivity index (χ4n) is 5.52. The summed E-state index contributed by atoms with van der Waals surface area (Å²) in [6.07, 6.45) is 4.81. The topological polar surface area (TPSA) is 110 Å². The number of likely N-dealkylation sites (tertiary alicyclic amines) is 1. The van der Waals surface area contributed by atoms with E-state index in [-0.39, 0.29) is 30.8 Å². The van der Waals surface area contributed by atoms with Crippen LogP contribution < -0.4 is 5.32 Å². The number of urea groups is 1. The Labute approximate surface area is 228 Å². The van der Waals surface area contributed by atoms with Crippen molar-refractivity contribution in [3.8, 4) is 0 Å². The highest BCUT2D eigenvalue weighted by Gasteiger charge is 2.55. The number of hydrogen-bond acceptors (Lipinski definition) is 6. The number of aromatic nitrogens is 2. The van der Waals surface area contributed by atoms with Gasteiger partial charge < -0.3 is 14.5 Å². The molecule has 3 amide bonds.